The van der Waals surface area contributed by atoms with E-state index in [1.807, 2.05) is 41.0 Å². The lowest BCUT2D eigenvalue weighted by Gasteiger charge is -2.26. The Labute approximate surface area is 218 Å². The van der Waals surface area contributed by atoms with E-state index in [1.165, 1.54) is 6.08 Å². The molecule has 9 nitrogen and oxygen atoms in total. The summed E-state index contributed by atoms with van der Waals surface area (Å²) >= 11 is 1.11. The van der Waals surface area contributed by atoms with Gasteiger partial charge >= 0.3 is 0 Å². The quantitative estimate of drug-likeness (QED) is 0.260. The van der Waals surface area contributed by atoms with Crippen molar-refractivity contribution in [3.05, 3.63) is 77.8 Å². The number of aromatic nitrogens is 3. The first-order valence-electron chi connectivity index (χ1n) is 12.2. The molecule has 0 saturated heterocycles. The molecule has 0 spiro atoms. The van der Waals surface area contributed by atoms with E-state index < -0.39 is 0 Å². The Hall–Kier alpha value is -3.86. The minimum Gasteiger partial charge on any atom is -0.393 e. The fourth-order valence-electron chi connectivity index (χ4n) is 4.54. The zero-order valence-corrected chi connectivity index (χ0v) is 21.0. The summed E-state index contributed by atoms with van der Waals surface area (Å²) in [5.74, 6) is -0.237. The molecule has 0 bridgehead atoms. The summed E-state index contributed by atoms with van der Waals surface area (Å²) in [6.45, 7) is 4.19. The molecule has 37 heavy (non-hydrogen) atoms. The summed E-state index contributed by atoms with van der Waals surface area (Å²) < 4.78 is 5.87. The zero-order chi connectivity index (χ0) is 25.8. The lowest BCUT2D eigenvalue weighted by Crippen LogP contribution is -2.34. The summed E-state index contributed by atoms with van der Waals surface area (Å²) in [5.41, 5.74) is 3.96. The smallest absolute Gasteiger partial charge is 0.269 e. The second-order valence-corrected chi connectivity index (χ2v) is 9.89. The number of nitrogens with one attached hydrogen (secondary N) is 3. The molecule has 2 heterocycles. The third-order valence-electron chi connectivity index (χ3n) is 6.45. The lowest BCUT2D eigenvalue weighted by atomic mass is 9.93. The van der Waals surface area contributed by atoms with Crippen molar-refractivity contribution in [2.45, 2.75) is 44.4 Å². The van der Waals surface area contributed by atoms with Crippen LogP contribution in [-0.4, -0.2) is 43.0 Å². The Balaban J connectivity index is 1.47. The number of aliphatic hydroxyl groups excluding tert-OH is 1. The molecule has 2 aromatic heterocycles. The van der Waals surface area contributed by atoms with E-state index in [-0.39, 0.29) is 17.9 Å². The molecule has 2 amide bonds. The van der Waals surface area contributed by atoms with Crippen LogP contribution in [0.4, 0.5) is 11.6 Å². The van der Waals surface area contributed by atoms with Crippen LogP contribution in [-0.2, 0) is 11.3 Å². The number of nitrogens with zero attached hydrogens (tertiary/aromatic N) is 3. The Morgan fingerprint density at radius 1 is 1.11 bits per heavy atom. The van der Waals surface area contributed by atoms with Crippen molar-refractivity contribution < 1.29 is 14.7 Å². The van der Waals surface area contributed by atoms with E-state index in [0.717, 1.165) is 59.5 Å². The molecular formula is C27H28N6O3S. The molecule has 0 unspecified atom stereocenters. The molecular weight excluding hydrogens is 488 g/mol. The van der Waals surface area contributed by atoms with Gasteiger partial charge in [0.05, 0.1) is 22.8 Å². The SMILES string of the molecule is C=CC(=O)Nc1cccc(-n2c(NC(=O)c3ccns3)nc3cc(CNC4CCC(O)CC4)ccc32)c1. The third-order valence-corrected chi connectivity index (χ3v) is 7.20. The normalized spacial score (nSPS) is 17.4. The Bertz CT molecular complexity index is 1420. The van der Waals surface area contributed by atoms with Gasteiger partial charge in [-0.2, -0.15) is 0 Å². The number of hydrogen-bond acceptors (Lipinski definition) is 7. The Morgan fingerprint density at radius 3 is 2.70 bits per heavy atom. The van der Waals surface area contributed by atoms with Gasteiger partial charge in [0.15, 0.2) is 0 Å². The molecule has 1 aliphatic rings. The van der Waals surface area contributed by atoms with E-state index in [2.05, 4.69) is 26.9 Å². The topological polar surface area (TPSA) is 121 Å². The first-order chi connectivity index (χ1) is 18.0. The Kier molecular flexibility index (Phi) is 7.40. The Morgan fingerprint density at radius 2 is 1.95 bits per heavy atom. The summed E-state index contributed by atoms with van der Waals surface area (Å²) in [7, 11) is 0. The highest BCUT2D eigenvalue weighted by molar-refractivity contribution is 7.08. The molecule has 4 N–H and O–H groups in total. The lowest BCUT2D eigenvalue weighted by molar-refractivity contribution is -0.111. The number of aliphatic hydroxyl groups is 1. The van der Waals surface area contributed by atoms with Crippen molar-refractivity contribution in [1.82, 2.24) is 19.2 Å². The maximum atomic E-state index is 12.9. The fourth-order valence-corrected chi connectivity index (χ4v) is 5.03. The van der Waals surface area contributed by atoms with Gasteiger partial charge in [-0.05, 0) is 85.3 Å². The number of hydrogen-bond donors (Lipinski definition) is 4. The number of amides is 2. The van der Waals surface area contributed by atoms with Gasteiger partial charge in [-0.1, -0.05) is 18.7 Å². The van der Waals surface area contributed by atoms with E-state index >= 15 is 0 Å². The maximum absolute atomic E-state index is 12.9. The van der Waals surface area contributed by atoms with Crippen molar-refractivity contribution in [3.63, 3.8) is 0 Å². The van der Waals surface area contributed by atoms with Gasteiger partial charge in [-0.3, -0.25) is 19.5 Å². The average Bonchev–Trinajstić information content (AvgIpc) is 3.56. The van der Waals surface area contributed by atoms with Gasteiger partial charge in [-0.25, -0.2) is 9.36 Å². The van der Waals surface area contributed by atoms with Crippen LogP contribution in [0.15, 0.2) is 67.4 Å². The van der Waals surface area contributed by atoms with Crippen molar-refractivity contribution in [1.29, 1.82) is 0 Å². The van der Waals surface area contributed by atoms with Gasteiger partial charge in [-0.15, -0.1) is 0 Å². The molecule has 4 aromatic rings. The number of anilines is 2. The average molecular weight is 517 g/mol. The van der Waals surface area contributed by atoms with Crippen LogP contribution in [0.2, 0.25) is 0 Å². The molecule has 0 atom stereocenters. The second-order valence-electron chi connectivity index (χ2n) is 9.05. The number of fused-ring (bicyclic) bond motifs is 1. The molecule has 1 fully saturated rings. The van der Waals surface area contributed by atoms with Crippen LogP contribution in [0.25, 0.3) is 16.7 Å². The summed E-state index contributed by atoms with van der Waals surface area (Å²) in [5, 5.41) is 19.0. The van der Waals surface area contributed by atoms with Crippen LogP contribution in [0.5, 0.6) is 0 Å². The maximum Gasteiger partial charge on any atom is 0.269 e. The number of carbonyl (C=O) groups excluding carboxylic acids is 2. The first-order valence-corrected chi connectivity index (χ1v) is 13.0. The highest BCUT2D eigenvalue weighted by Gasteiger charge is 2.20. The summed E-state index contributed by atoms with van der Waals surface area (Å²) in [4.78, 5) is 29.9. The van der Waals surface area contributed by atoms with Gasteiger partial charge in [0, 0.05) is 24.5 Å². The van der Waals surface area contributed by atoms with Crippen LogP contribution >= 0.6 is 11.5 Å². The third kappa shape index (κ3) is 5.77. The molecule has 2 aromatic carbocycles. The number of rotatable bonds is 8. The second kappa shape index (κ2) is 11.0. The predicted octanol–water partition coefficient (Wildman–Crippen LogP) is 4.25. The van der Waals surface area contributed by atoms with Crippen LogP contribution in [0.1, 0.15) is 40.9 Å². The van der Waals surface area contributed by atoms with Gasteiger partial charge in [0.1, 0.15) is 4.88 Å². The van der Waals surface area contributed by atoms with Gasteiger partial charge in [0.2, 0.25) is 11.9 Å². The van der Waals surface area contributed by atoms with Gasteiger partial charge < -0.3 is 15.7 Å². The molecule has 1 aliphatic carbocycles. The van der Waals surface area contributed by atoms with Crippen molar-refractivity contribution >= 4 is 46.0 Å². The van der Waals surface area contributed by atoms with Crippen molar-refractivity contribution in [3.8, 4) is 5.69 Å². The van der Waals surface area contributed by atoms with E-state index in [4.69, 9.17) is 4.98 Å². The highest BCUT2D eigenvalue weighted by Crippen LogP contribution is 2.28. The van der Waals surface area contributed by atoms with E-state index in [0.29, 0.717) is 29.1 Å². The molecule has 10 heteroatoms. The summed E-state index contributed by atoms with van der Waals surface area (Å²) in [6.07, 6.45) is 6.20. The number of benzene rings is 2. The molecule has 0 aliphatic heterocycles. The van der Waals surface area contributed by atoms with Crippen molar-refractivity contribution in [2.75, 3.05) is 10.6 Å². The largest absolute Gasteiger partial charge is 0.393 e. The van der Waals surface area contributed by atoms with Crippen molar-refractivity contribution in [2.24, 2.45) is 0 Å². The predicted molar refractivity (Wildman–Crippen MR) is 145 cm³/mol. The zero-order valence-electron chi connectivity index (χ0n) is 20.2. The minimum absolute atomic E-state index is 0.180. The van der Waals surface area contributed by atoms with E-state index in [9.17, 15) is 14.7 Å². The standard InChI is InChI=1S/C27H28N6O3S/c1-2-25(35)30-19-4-3-5-20(15-19)33-23-11-6-17(16-28-18-7-9-21(34)10-8-18)14-22(23)31-27(33)32-26(36)24-12-13-29-37-24/h2-6,11-15,18,21,28,34H,1,7-10,16H2,(H,30,35)(H,31,32,36). The first kappa shape index (κ1) is 24.8. The molecule has 0 radical (unpaired) electrons. The monoisotopic (exact) mass is 516 g/mol. The molecule has 190 valence electrons. The number of imidazole rings is 1. The molecule has 1 saturated carbocycles. The number of carbonyl (C=O) groups is 2. The van der Waals surface area contributed by atoms with E-state index in [1.54, 1.807) is 18.3 Å². The molecule has 5 rings (SSSR count). The van der Waals surface area contributed by atoms with Crippen LogP contribution in [0.3, 0.4) is 0 Å². The fraction of sp³-hybridized carbons (Fsp3) is 0.259. The van der Waals surface area contributed by atoms with Gasteiger partial charge in [0.25, 0.3) is 5.91 Å². The summed E-state index contributed by atoms with van der Waals surface area (Å²) in [6, 6.07) is 15.4. The van der Waals surface area contributed by atoms with Crippen LogP contribution in [0, 0.1) is 0 Å². The minimum atomic E-state index is -0.309. The highest BCUT2D eigenvalue weighted by atomic mass is 32.1. The van der Waals surface area contributed by atoms with Crippen LogP contribution < -0.4 is 16.0 Å².